The molecular weight excluding hydrogens is 246 g/mol. The third kappa shape index (κ3) is 1.30. The number of nitrogens with two attached hydrogens (primary N) is 1. The molecule has 2 heteroatoms. The minimum atomic E-state index is -0.332. The van der Waals surface area contributed by atoms with Crippen molar-refractivity contribution in [2.24, 2.45) is 22.0 Å². The van der Waals surface area contributed by atoms with Crippen LogP contribution in [0, 0.1) is 16.2 Å². The molecule has 0 radical (unpaired) electrons. The van der Waals surface area contributed by atoms with E-state index < -0.39 is 0 Å². The van der Waals surface area contributed by atoms with Gasteiger partial charge in [0.2, 0.25) is 0 Å². The summed E-state index contributed by atoms with van der Waals surface area (Å²) in [5.41, 5.74) is 7.75. The Morgan fingerprint density at radius 1 is 1.15 bits per heavy atom. The highest BCUT2D eigenvalue weighted by Gasteiger charge is 2.73. The van der Waals surface area contributed by atoms with Gasteiger partial charge in [-0.25, -0.2) is 0 Å². The van der Waals surface area contributed by atoms with Gasteiger partial charge < -0.3 is 5.73 Å². The molecule has 20 heavy (non-hydrogen) atoms. The lowest BCUT2D eigenvalue weighted by Gasteiger charge is -2.39. The monoisotopic (exact) mass is 269 g/mol. The summed E-state index contributed by atoms with van der Waals surface area (Å²) in [5, 5.41) is 0. The Hall–Kier alpha value is -1.41. The Morgan fingerprint density at radius 2 is 1.75 bits per heavy atom. The molecule has 0 aromatic heterocycles. The normalized spacial score (nSPS) is 40.5. The Balaban J connectivity index is 2.20. The topological polar surface area (TPSA) is 43.1 Å². The average Bonchev–Trinajstić information content (AvgIpc) is 2.61. The zero-order chi connectivity index (χ0) is 14.8. The predicted molar refractivity (Wildman–Crippen MR) is 82.0 cm³/mol. The van der Waals surface area contributed by atoms with Crippen molar-refractivity contribution >= 4 is 11.9 Å². The third-order valence-electron chi connectivity index (χ3n) is 6.46. The van der Waals surface area contributed by atoms with Gasteiger partial charge in [0.25, 0.3) is 0 Å². The second kappa shape index (κ2) is 3.82. The fourth-order valence-corrected chi connectivity index (χ4v) is 4.31. The van der Waals surface area contributed by atoms with Crippen LogP contribution in [0.25, 0.3) is 6.08 Å². The van der Waals surface area contributed by atoms with E-state index in [0.29, 0.717) is 0 Å². The summed E-state index contributed by atoms with van der Waals surface area (Å²) in [7, 11) is 0. The number of fused-ring (bicyclic) bond motifs is 2. The summed E-state index contributed by atoms with van der Waals surface area (Å²) in [6.45, 7) is 8.65. The third-order valence-corrected chi connectivity index (χ3v) is 6.46. The number of hydrogen-bond acceptors (Lipinski definition) is 2. The second-order valence-corrected chi connectivity index (χ2v) is 7.27. The first kappa shape index (κ1) is 13.6. The molecule has 0 amide bonds. The van der Waals surface area contributed by atoms with E-state index >= 15 is 0 Å². The minimum absolute atomic E-state index is 0.0511. The zero-order valence-electron chi connectivity index (χ0n) is 12.7. The summed E-state index contributed by atoms with van der Waals surface area (Å²) in [6.07, 6.45) is 2.84. The molecule has 3 atom stereocenters. The molecular formula is C18H23NO. The van der Waals surface area contributed by atoms with Crippen LogP contribution in [0.1, 0.15) is 39.7 Å². The maximum Gasteiger partial charge on any atom is 0.165 e. The molecule has 2 aliphatic carbocycles. The van der Waals surface area contributed by atoms with Gasteiger partial charge >= 0.3 is 0 Å². The van der Waals surface area contributed by atoms with Crippen molar-refractivity contribution in [2.45, 2.75) is 40.2 Å². The van der Waals surface area contributed by atoms with Gasteiger partial charge in [0.1, 0.15) is 0 Å². The van der Waals surface area contributed by atoms with Gasteiger partial charge in [0.15, 0.2) is 5.78 Å². The van der Waals surface area contributed by atoms with E-state index in [0.717, 1.165) is 17.6 Å². The zero-order valence-corrected chi connectivity index (χ0v) is 12.7. The molecule has 0 saturated heterocycles. The Morgan fingerprint density at radius 3 is 2.30 bits per heavy atom. The van der Waals surface area contributed by atoms with E-state index in [1.54, 1.807) is 0 Å². The van der Waals surface area contributed by atoms with Gasteiger partial charge in [-0.1, -0.05) is 58.0 Å². The standard InChI is InChI=1S/C18H23NO/c1-16(2)17(3)11-14(19)18(16,4)13(15(17)20)10-12-8-6-5-7-9-12/h5-10,14H,11,19H2,1-4H3. The van der Waals surface area contributed by atoms with E-state index in [1.807, 2.05) is 36.4 Å². The molecule has 0 heterocycles. The lowest BCUT2D eigenvalue weighted by Crippen LogP contribution is -2.43. The van der Waals surface area contributed by atoms with Crippen molar-refractivity contribution in [3.63, 3.8) is 0 Å². The molecule has 2 aliphatic rings. The molecule has 0 aliphatic heterocycles. The fraction of sp³-hybridized carbons (Fsp3) is 0.500. The van der Waals surface area contributed by atoms with Crippen LogP contribution < -0.4 is 5.73 Å². The Bertz CT molecular complexity index is 601. The SMILES string of the molecule is CC12CC(N)C(C)(C(=Cc3ccccc3)C1=O)C2(C)C. The quantitative estimate of drug-likeness (QED) is 0.794. The predicted octanol–water partition coefficient (Wildman–Crippen LogP) is 3.42. The molecule has 2 N–H and O–H groups in total. The Labute approximate surface area is 121 Å². The summed E-state index contributed by atoms with van der Waals surface area (Å²) < 4.78 is 0. The number of hydrogen-bond donors (Lipinski definition) is 1. The first-order chi connectivity index (χ1) is 9.25. The summed E-state index contributed by atoms with van der Waals surface area (Å²) in [6, 6.07) is 10.1. The average molecular weight is 269 g/mol. The van der Waals surface area contributed by atoms with Crippen molar-refractivity contribution in [1.29, 1.82) is 0 Å². The molecule has 1 aromatic carbocycles. The molecule has 3 unspecified atom stereocenters. The van der Waals surface area contributed by atoms with Gasteiger partial charge in [-0.05, 0) is 23.5 Å². The van der Waals surface area contributed by atoms with Crippen LogP contribution in [-0.2, 0) is 4.79 Å². The summed E-state index contributed by atoms with van der Waals surface area (Å²) in [4.78, 5) is 12.9. The van der Waals surface area contributed by atoms with Crippen molar-refractivity contribution in [3.05, 3.63) is 41.5 Å². The van der Waals surface area contributed by atoms with E-state index in [-0.39, 0.29) is 28.1 Å². The van der Waals surface area contributed by atoms with Gasteiger partial charge in [-0.3, -0.25) is 4.79 Å². The van der Waals surface area contributed by atoms with Crippen LogP contribution in [0.15, 0.2) is 35.9 Å². The van der Waals surface area contributed by atoms with Crippen LogP contribution in [0.3, 0.4) is 0 Å². The van der Waals surface area contributed by atoms with Crippen molar-refractivity contribution < 1.29 is 4.79 Å². The van der Waals surface area contributed by atoms with Gasteiger partial charge in [-0.15, -0.1) is 0 Å². The van der Waals surface area contributed by atoms with Crippen LogP contribution >= 0.6 is 0 Å². The number of carbonyl (C=O) groups excluding carboxylic acids is 1. The van der Waals surface area contributed by atoms with E-state index in [1.165, 1.54) is 0 Å². The number of ketones is 1. The van der Waals surface area contributed by atoms with E-state index in [2.05, 4.69) is 27.7 Å². The second-order valence-electron chi connectivity index (χ2n) is 7.27. The number of Topliss-reactive ketones (excluding diaryl/α,β-unsaturated/α-hetero) is 1. The lowest BCUT2D eigenvalue weighted by atomic mass is 9.64. The smallest absolute Gasteiger partial charge is 0.165 e. The van der Waals surface area contributed by atoms with Gasteiger partial charge in [-0.2, -0.15) is 0 Å². The van der Waals surface area contributed by atoms with E-state index in [4.69, 9.17) is 5.73 Å². The highest BCUT2D eigenvalue weighted by atomic mass is 16.1. The molecule has 3 rings (SSSR count). The maximum atomic E-state index is 12.9. The first-order valence-electron chi connectivity index (χ1n) is 7.33. The van der Waals surface area contributed by atoms with Crippen LogP contribution in [0.2, 0.25) is 0 Å². The highest BCUT2D eigenvalue weighted by molar-refractivity contribution is 6.09. The van der Waals surface area contributed by atoms with Crippen LogP contribution in [-0.4, -0.2) is 11.8 Å². The molecule has 2 saturated carbocycles. The molecule has 0 spiro atoms. The molecule has 1 aromatic rings. The minimum Gasteiger partial charge on any atom is -0.327 e. The Kier molecular flexibility index (Phi) is 2.59. The maximum absolute atomic E-state index is 12.9. The molecule has 2 fully saturated rings. The van der Waals surface area contributed by atoms with Gasteiger partial charge in [0.05, 0.1) is 0 Å². The first-order valence-corrected chi connectivity index (χ1v) is 7.33. The van der Waals surface area contributed by atoms with Crippen LogP contribution in [0.5, 0.6) is 0 Å². The van der Waals surface area contributed by atoms with Crippen molar-refractivity contribution in [2.75, 3.05) is 0 Å². The number of rotatable bonds is 1. The van der Waals surface area contributed by atoms with Crippen molar-refractivity contribution in [3.8, 4) is 0 Å². The molecule has 106 valence electrons. The molecule has 2 nitrogen and oxygen atoms in total. The largest absolute Gasteiger partial charge is 0.327 e. The van der Waals surface area contributed by atoms with Crippen molar-refractivity contribution in [1.82, 2.24) is 0 Å². The van der Waals surface area contributed by atoms with Gasteiger partial charge in [0, 0.05) is 22.4 Å². The lowest BCUT2D eigenvalue weighted by molar-refractivity contribution is -0.125. The summed E-state index contributed by atoms with van der Waals surface area (Å²) in [5.74, 6) is 0.288. The van der Waals surface area contributed by atoms with E-state index in [9.17, 15) is 4.79 Å². The summed E-state index contributed by atoms with van der Waals surface area (Å²) >= 11 is 0. The van der Waals surface area contributed by atoms with Crippen LogP contribution in [0.4, 0.5) is 0 Å². The number of benzene rings is 1. The number of carbonyl (C=O) groups is 1. The molecule has 2 bridgehead atoms. The fourth-order valence-electron chi connectivity index (χ4n) is 4.31. The highest BCUT2D eigenvalue weighted by Crippen LogP contribution is 2.71.